The summed E-state index contributed by atoms with van der Waals surface area (Å²) in [6.07, 6.45) is 5.49. The number of anilines is 1. The normalized spacial score (nSPS) is 15.2. The van der Waals surface area contributed by atoms with E-state index in [4.69, 9.17) is 0 Å². The smallest absolute Gasteiger partial charge is 0.339 e. The summed E-state index contributed by atoms with van der Waals surface area (Å²) in [6, 6.07) is 1.41. The van der Waals surface area contributed by atoms with Crippen LogP contribution in [-0.4, -0.2) is 29.0 Å². The number of nitro groups is 1. The van der Waals surface area contributed by atoms with E-state index >= 15 is 0 Å². The number of carbonyl (C=O) groups excluding carboxylic acids is 1. The first-order chi connectivity index (χ1) is 9.11. The molecule has 1 aromatic rings. The lowest BCUT2D eigenvalue weighted by Crippen LogP contribution is -2.17. The Hall–Kier alpha value is -2.18. The van der Waals surface area contributed by atoms with Crippen molar-refractivity contribution >= 4 is 17.5 Å². The van der Waals surface area contributed by atoms with Crippen LogP contribution in [0.5, 0.6) is 0 Å². The molecule has 1 heterocycles. The molecule has 0 spiro atoms. The molecule has 0 radical (unpaired) electrons. The van der Waals surface area contributed by atoms with Crippen LogP contribution in [0.25, 0.3) is 0 Å². The molecular formula is C12H15N3O4. The van der Waals surface area contributed by atoms with Gasteiger partial charge in [0.05, 0.1) is 17.6 Å². The highest BCUT2D eigenvalue weighted by molar-refractivity contribution is 5.90. The van der Waals surface area contributed by atoms with Gasteiger partial charge in [-0.2, -0.15) is 0 Å². The zero-order valence-corrected chi connectivity index (χ0v) is 10.6. The fourth-order valence-corrected chi connectivity index (χ4v) is 2.20. The summed E-state index contributed by atoms with van der Waals surface area (Å²) < 4.78 is 4.52. The van der Waals surface area contributed by atoms with Gasteiger partial charge in [0.2, 0.25) is 5.82 Å². The van der Waals surface area contributed by atoms with Crippen LogP contribution in [0.1, 0.15) is 36.0 Å². The predicted octanol–water partition coefficient (Wildman–Crippen LogP) is 2.13. The molecule has 7 heteroatoms. The van der Waals surface area contributed by atoms with Gasteiger partial charge in [-0.3, -0.25) is 10.1 Å². The fraction of sp³-hybridized carbons (Fsp3) is 0.500. The van der Waals surface area contributed by atoms with Crippen LogP contribution in [0.2, 0.25) is 0 Å². The van der Waals surface area contributed by atoms with Crippen LogP contribution >= 0.6 is 0 Å². The maximum atomic E-state index is 11.3. The van der Waals surface area contributed by atoms with Crippen molar-refractivity contribution in [2.75, 3.05) is 12.4 Å². The molecule has 2 rings (SSSR count). The number of pyridine rings is 1. The van der Waals surface area contributed by atoms with Crippen molar-refractivity contribution in [2.45, 2.75) is 31.7 Å². The van der Waals surface area contributed by atoms with Crippen molar-refractivity contribution in [2.24, 2.45) is 0 Å². The van der Waals surface area contributed by atoms with Crippen molar-refractivity contribution in [1.82, 2.24) is 4.98 Å². The monoisotopic (exact) mass is 265 g/mol. The molecule has 0 unspecified atom stereocenters. The minimum atomic E-state index is -0.636. The summed E-state index contributed by atoms with van der Waals surface area (Å²) in [6.45, 7) is 0. The number of rotatable bonds is 4. The third kappa shape index (κ3) is 2.98. The first-order valence-corrected chi connectivity index (χ1v) is 6.11. The van der Waals surface area contributed by atoms with Crippen molar-refractivity contribution in [3.63, 3.8) is 0 Å². The van der Waals surface area contributed by atoms with Gasteiger partial charge in [0.25, 0.3) is 0 Å². The number of nitrogens with zero attached hydrogens (tertiary/aromatic N) is 2. The van der Waals surface area contributed by atoms with Crippen molar-refractivity contribution in [3.8, 4) is 0 Å². The summed E-state index contributed by atoms with van der Waals surface area (Å²) in [4.78, 5) is 25.8. The third-order valence-corrected chi connectivity index (χ3v) is 3.18. The fourth-order valence-electron chi connectivity index (χ4n) is 2.20. The van der Waals surface area contributed by atoms with Crippen molar-refractivity contribution in [1.29, 1.82) is 0 Å². The van der Waals surface area contributed by atoms with Gasteiger partial charge >= 0.3 is 11.7 Å². The van der Waals surface area contributed by atoms with Gasteiger partial charge in [0, 0.05) is 18.3 Å². The summed E-state index contributed by atoms with van der Waals surface area (Å²) in [7, 11) is 1.22. The van der Waals surface area contributed by atoms with E-state index in [-0.39, 0.29) is 23.1 Å². The van der Waals surface area contributed by atoms with Crippen LogP contribution in [0.3, 0.4) is 0 Å². The number of aromatic nitrogens is 1. The highest BCUT2D eigenvalue weighted by Gasteiger charge is 2.23. The second-order valence-electron chi connectivity index (χ2n) is 4.47. The highest BCUT2D eigenvalue weighted by Crippen LogP contribution is 2.27. The Morgan fingerprint density at radius 3 is 2.79 bits per heavy atom. The van der Waals surface area contributed by atoms with E-state index in [0.717, 1.165) is 25.7 Å². The standard InChI is InChI=1S/C12H15N3O4/c1-19-12(16)8-6-10(15(17)18)11(13-7-8)14-9-4-2-3-5-9/h6-7,9H,2-5H2,1H3,(H,13,14). The zero-order valence-electron chi connectivity index (χ0n) is 10.6. The molecule has 102 valence electrons. The van der Waals surface area contributed by atoms with Crippen molar-refractivity contribution in [3.05, 3.63) is 27.9 Å². The maximum Gasteiger partial charge on any atom is 0.339 e. The Labute approximate surface area is 110 Å². The van der Waals surface area contributed by atoms with Gasteiger partial charge < -0.3 is 10.1 Å². The molecule has 0 amide bonds. The molecule has 7 nitrogen and oxygen atoms in total. The SMILES string of the molecule is COC(=O)c1cnc(NC2CCCC2)c([N+](=O)[O-])c1. The van der Waals surface area contributed by atoms with Crippen LogP contribution in [0, 0.1) is 10.1 Å². The topological polar surface area (TPSA) is 94.4 Å². The zero-order chi connectivity index (χ0) is 13.8. The summed E-state index contributed by atoms with van der Waals surface area (Å²) >= 11 is 0. The lowest BCUT2D eigenvalue weighted by Gasteiger charge is -2.12. The summed E-state index contributed by atoms with van der Waals surface area (Å²) in [5.41, 5.74) is -0.124. The Balaban J connectivity index is 2.26. The first-order valence-electron chi connectivity index (χ1n) is 6.11. The Bertz CT molecular complexity index is 498. The molecule has 1 fully saturated rings. The van der Waals surface area contributed by atoms with Gasteiger partial charge in [-0.05, 0) is 12.8 Å². The Morgan fingerprint density at radius 1 is 1.53 bits per heavy atom. The highest BCUT2D eigenvalue weighted by atomic mass is 16.6. The number of hydrogen-bond acceptors (Lipinski definition) is 6. The quantitative estimate of drug-likeness (QED) is 0.509. The van der Waals surface area contributed by atoms with Gasteiger partial charge in [0.1, 0.15) is 0 Å². The Kier molecular flexibility index (Phi) is 3.94. The molecule has 0 aromatic carbocycles. The molecule has 0 aliphatic heterocycles. The Morgan fingerprint density at radius 2 is 2.21 bits per heavy atom. The molecule has 19 heavy (non-hydrogen) atoms. The second-order valence-corrected chi connectivity index (χ2v) is 4.47. The molecule has 0 atom stereocenters. The molecule has 0 saturated heterocycles. The van der Waals surface area contributed by atoms with Crippen LogP contribution in [-0.2, 0) is 4.74 Å². The molecule has 1 aliphatic carbocycles. The lowest BCUT2D eigenvalue weighted by atomic mass is 10.2. The van der Waals surface area contributed by atoms with E-state index in [1.54, 1.807) is 0 Å². The lowest BCUT2D eigenvalue weighted by molar-refractivity contribution is -0.384. The second kappa shape index (κ2) is 5.64. The van der Waals surface area contributed by atoms with Gasteiger partial charge in [-0.1, -0.05) is 12.8 Å². The first kappa shape index (κ1) is 13.3. The van der Waals surface area contributed by atoms with E-state index in [0.29, 0.717) is 0 Å². The van der Waals surface area contributed by atoms with Gasteiger partial charge in [-0.25, -0.2) is 9.78 Å². The minimum absolute atomic E-state index is 0.0752. The molecule has 0 bridgehead atoms. The van der Waals surface area contributed by atoms with Crippen LogP contribution < -0.4 is 5.32 Å². The summed E-state index contributed by atoms with van der Waals surface area (Å²) in [5, 5.41) is 14.1. The molecule has 1 N–H and O–H groups in total. The molecular weight excluding hydrogens is 250 g/mol. The van der Waals surface area contributed by atoms with Crippen LogP contribution in [0.4, 0.5) is 11.5 Å². The van der Waals surface area contributed by atoms with E-state index < -0.39 is 10.9 Å². The van der Waals surface area contributed by atoms with Crippen molar-refractivity contribution < 1.29 is 14.5 Å². The number of ether oxygens (including phenoxy) is 1. The summed E-state index contributed by atoms with van der Waals surface area (Å²) in [5.74, 6) is -0.424. The number of methoxy groups -OCH3 is 1. The maximum absolute atomic E-state index is 11.3. The van der Waals surface area contributed by atoms with E-state index in [2.05, 4.69) is 15.0 Å². The molecule has 1 aliphatic rings. The molecule has 1 saturated carbocycles. The third-order valence-electron chi connectivity index (χ3n) is 3.18. The van der Waals surface area contributed by atoms with Gasteiger partial charge in [0.15, 0.2) is 0 Å². The van der Waals surface area contributed by atoms with E-state index in [9.17, 15) is 14.9 Å². The number of nitrogens with one attached hydrogen (secondary N) is 1. The van der Waals surface area contributed by atoms with Crippen LogP contribution in [0.15, 0.2) is 12.3 Å². The van der Waals surface area contributed by atoms with E-state index in [1.807, 2.05) is 0 Å². The number of carbonyl (C=O) groups is 1. The number of esters is 1. The largest absolute Gasteiger partial charge is 0.465 e. The number of hydrogen-bond donors (Lipinski definition) is 1. The molecule has 1 aromatic heterocycles. The average Bonchev–Trinajstić information content (AvgIpc) is 2.91. The predicted molar refractivity (Wildman–Crippen MR) is 68.1 cm³/mol. The van der Waals surface area contributed by atoms with E-state index in [1.165, 1.54) is 19.4 Å². The van der Waals surface area contributed by atoms with Gasteiger partial charge in [-0.15, -0.1) is 0 Å². The average molecular weight is 265 g/mol. The minimum Gasteiger partial charge on any atom is -0.465 e.